The third-order valence-corrected chi connectivity index (χ3v) is 7.41. The van der Waals surface area contributed by atoms with Crippen LogP contribution < -0.4 is 15.5 Å². The third kappa shape index (κ3) is 6.30. The Morgan fingerprint density at radius 3 is 2.11 bits per heavy atom. The molecule has 6 nitrogen and oxygen atoms in total. The molecule has 1 aliphatic carbocycles. The van der Waals surface area contributed by atoms with E-state index in [1.54, 1.807) is 30.1 Å². The van der Waals surface area contributed by atoms with Crippen molar-refractivity contribution < 1.29 is 14.3 Å². The number of thioether (sulfide) groups is 1. The van der Waals surface area contributed by atoms with Crippen molar-refractivity contribution in [3.8, 4) is 16.9 Å². The minimum atomic E-state index is -0.190. The maximum Gasteiger partial charge on any atom is 0.258 e. The number of carbonyl (C=O) groups excluding carboxylic acids is 2. The number of fused-ring (bicyclic) bond motifs is 3. The van der Waals surface area contributed by atoms with E-state index in [9.17, 15) is 9.59 Å². The fourth-order valence-electron chi connectivity index (χ4n) is 4.31. The fourth-order valence-corrected chi connectivity index (χ4v) is 5.46. The lowest BCUT2D eigenvalue weighted by Gasteiger charge is -2.12. The van der Waals surface area contributed by atoms with Crippen LogP contribution in [0.3, 0.4) is 0 Å². The molecule has 190 valence electrons. The molecule has 1 aliphatic rings. The Morgan fingerprint density at radius 2 is 1.42 bits per heavy atom. The molecule has 0 aliphatic heterocycles. The second-order valence-electron chi connectivity index (χ2n) is 8.78. The van der Waals surface area contributed by atoms with Crippen LogP contribution in [0.4, 0.5) is 0 Å². The van der Waals surface area contributed by atoms with Gasteiger partial charge in [-0.15, -0.1) is 11.8 Å². The molecule has 0 unspecified atom stereocenters. The molecule has 0 heterocycles. The number of nitrogens with one attached hydrogen (secondary N) is 2. The molecule has 0 fully saturated rings. The van der Waals surface area contributed by atoms with Gasteiger partial charge in [-0.05, 0) is 57.6 Å². The second kappa shape index (κ2) is 12.3. The highest BCUT2D eigenvalue weighted by Crippen LogP contribution is 2.49. The van der Waals surface area contributed by atoms with Gasteiger partial charge < -0.3 is 10.1 Å². The van der Waals surface area contributed by atoms with Crippen LogP contribution in [0.15, 0.2) is 108 Å². The summed E-state index contributed by atoms with van der Waals surface area (Å²) < 4.78 is 5.56. The van der Waals surface area contributed by atoms with E-state index in [-0.39, 0.29) is 23.7 Å². The highest BCUT2D eigenvalue weighted by molar-refractivity contribution is 8.00. The van der Waals surface area contributed by atoms with E-state index in [1.165, 1.54) is 22.3 Å². The highest BCUT2D eigenvalue weighted by atomic mass is 32.2. The van der Waals surface area contributed by atoms with Gasteiger partial charge in [-0.3, -0.25) is 9.59 Å². The first-order valence-corrected chi connectivity index (χ1v) is 13.4. The number of nitrogens with zero attached hydrogens (tertiary/aromatic N) is 1. The standard InChI is InChI=1S/C31H27N3O3S/c35-29(32-18-22-8-2-1-3-9-22)20-37-24-16-14-23(15-17-24)19-33-34-30(36)21-38-31-27-12-6-4-10-25(27)26-11-5-7-13-28(26)31/h1-17,19,31H,18,20-21H2,(H,32,35)(H,34,36)/b33-19-. The summed E-state index contributed by atoms with van der Waals surface area (Å²) in [6.07, 6.45) is 1.58. The fraction of sp³-hybridized carbons (Fsp3) is 0.129. The molecular weight excluding hydrogens is 494 g/mol. The number of rotatable bonds is 10. The van der Waals surface area contributed by atoms with Gasteiger partial charge in [0.25, 0.3) is 5.91 Å². The van der Waals surface area contributed by atoms with Crippen molar-refractivity contribution in [2.75, 3.05) is 12.4 Å². The smallest absolute Gasteiger partial charge is 0.258 e. The molecule has 2 N–H and O–H groups in total. The normalized spacial score (nSPS) is 12.1. The lowest BCUT2D eigenvalue weighted by Crippen LogP contribution is -2.28. The quantitative estimate of drug-likeness (QED) is 0.218. The summed E-state index contributed by atoms with van der Waals surface area (Å²) in [4.78, 5) is 24.5. The van der Waals surface area contributed by atoms with Crippen molar-refractivity contribution >= 4 is 29.8 Å². The summed E-state index contributed by atoms with van der Waals surface area (Å²) >= 11 is 1.60. The monoisotopic (exact) mass is 521 g/mol. The van der Waals surface area contributed by atoms with Crippen LogP contribution in [-0.4, -0.2) is 30.4 Å². The number of hydrazone groups is 1. The first-order valence-electron chi connectivity index (χ1n) is 12.3. The summed E-state index contributed by atoms with van der Waals surface area (Å²) in [6, 6.07) is 33.6. The molecule has 0 spiro atoms. The second-order valence-corrected chi connectivity index (χ2v) is 9.87. The molecule has 0 saturated carbocycles. The number of hydrogen-bond acceptors (Lipinski definition) is 5. The molecule has 38 heavy (non-hydrogen) atoms. The van der Waals surface area contributed by atoms with Gasteiger partial charge >= 0.3 is 0 Å². The number of benzene rings is 4. The number of ether oxygens (including phenoxy) is 1. The summed E-state index contributed by atoms with van der Waals surface area (Å²) in [5.74, 6) is 0.526. The lowest BCUT2D eigenvalue weighted by atomic mass is 10.1. The van der Waals surface area contributed by atoms with E-state index in [2.05, 4.69) is 40.1 Å². The van der Waals surface area contributed by atoms with E-state index < -0.39 is 0 Å². The van der Waals surface area contributed by atoms with Crippen LogP contribution >= 0.6 is 11.8 Å². The number of hydrogen-bond donors (Lipinski definition) is 2. The van der Waals surface area contributed by atoms with E-state index in [4.69, 9.17) is 4.74 Å². The average molecular weight is 522 g/mol. The predicted octanol–water partition coefficient (Wildman–Crippen LogP) is 5.34. The average Bonchev–Trinajstić information content (AvgIpc) is 3.29. The molecule has 4 aromatic rings. The lowest BCUT2D eigenvalue weighted by molar-refractivity contribution is -0.123. The van der Waals surface area contributed by atoms with Crippen LogP contribution in [0, 0.1) is 0 Å². The zero-order valence-electron chi connectivity index (χ0n) is 20.7. The Labute approximate surface area is 226 Å². The predicted molar refractivity (Wildman–Crippen MR) is 152 cm³/mol. The Kier molecular flexibility index (Phi) is 8.16. The Hall–Kier alpha value is -4.36. The van der Waals surface area contributed by atoms with Crippen molar-refractivity contribution in [1.29, 1.82) is 0 Å². The van der Waals surface area contributed by atoms with Gasteiger partial charge in [0.2, 0.25) is 5.91 Å². The van der Waals surface area contributed by atoms with Crippen LogP contribution in [0.5, 0.6) is 5.75 Å². The maximum atomic E-state index is 12.5. The Bertz CT molecular complexity index is 1390. The molecule has 0 saturated heterocycles. The SMILES string of the molecule is O=C(COc1ccc(/C=N\NC(=O)CSC2c3ccccc3-c3ccccc32)cc1)NCc1ccccc1. The summed E-state index contributed by atoms with van der Waals surface area (Å²) in [6.45, 7) is 0.397. The molecule has 0 radical (unpaired) electrons. The highest BCUT2D eigenvalue weighted by Gasteiger charge is 2.28. The topological polar surface area (TPSA) is 79.8 Å². The van der Waals surface area contributed by atoms with Crippen LogP contribution in [0.1, 0.15) is 27.5 Å². The van der Waals surface area contributed by atoms with Gasteiger partial charge in [0.15, 0.2) is 6.61 Å². The molecule has 0 bridgehead atoms. The molecule has 0 atom stereocenters. The van der Waals surface area contributed by atoms with E-state index in [0.717, 1.165) is 11.1 Å². The minimum Gasteiger partial charge on any atom is -0.484 e. The van der Waals surface area contributed by atoms with Crippen LogP contribution in [0.2, 0.25) is 0 Å². The molecule has 4 aromatic carbocycles. The van der Waals surface area contributed by atoms with Crippen molar-refractivity contribution in [3.05, 3.63) is 125 Å². The van der Waals surface area contributed by atoms with Crippen LogP contribution in [-0.2, 0) is 16.1 Å². The molecule has 2 amide bonds. The zero-order valence-corrected chi connectivity index (χ0v) is 21.5. The first kappa shape index (κ1) is 25.3. The number of amides is 2. The molecule has 7 heteroatoms. The van der Waals surface area contributed by atoms with Gasteiger partial charge in [-0.1, -0.05) is 78.9 Å². The molecular formula is C31H27N3O3S. The summed E-state index contributed by atoms with van der Waals surface area (Å²) in [5, 5.41) is 7.05. The van der Waals surface area contributed by atoms with Gasteiger partial charge in [0.05, 0.1) is 17.2 Å². The number of carbonyl (C=O) groups is 2. The molecule has 5 rings (SSSR count). The van der Waals surface area contributed by atoms with Crippen molar-refractivity contribution in [3.63, 3.8) is 0 Å². The first-order chi connectivity index (χ1) is 18.7. The van der Waals surface area contributed by atoms with E-state index in [0.29, 0.717) is 18.0 Å². The van der Waals surface area contributed by atoms with E-state index >= 15 is 0 Å². The zero-order chi connectivity index (χ0) is 26.2. The van der Waals surface area contributed by atoms with Crippen molar-refractivity contribution in [2.24, 2.45) is 5.10 Å². The Morgan fingerprint density at radius 1 is 0.789 bits per heavy atom. The van der Waals surface area contributed by atoms with Crippen molar-refractivity contribution in [1.82, 2.24) is 10.7 Å². The van der Waals surface area contributed by atoms with Crippen molar-refractivity contribution in [2.45, 2.75) is 11.8 Å². The summed E-state index contributed by atoms with van der Waals surface area (Å²) in [7, 11) is 0. The maximum absolute atomic E-state index is 12.5. The van der Waals surface area contributed by atoms with Gasteiger partial charge in [-0.2, -0.15) is 5.10 Å². The van der Waals surface area contributed by atoms with Gasteiger partial charge in [0, 0.05) is 6.54 Å². The van der Waals surface area contributed by atoms with Gasteiger partial charge in [-0.25, -0.2) is 5.43 Å². The third-order valence-electron chi connectivity index (χ3n) is 6.14. The summed E-state index contributed by atoms with van der Waals surface area (Å²) in [5.41, 5.74) is 9.40. The Balaban J connectivity index is 1.06. The van der Waals surface area contributed by atoms with Crippen LogP contribution in [0.25, 0.3) is 11.1 Å². The minimum absolute atomic E-state index is 0.0655. The largest absolute Gasteiger partial charge is 0.484 e. The van der Waals surface area contributed by atoms with E-state index in [1.807, 2.05) is 66.7 Å². The molecule has 0 aromatic heterocycles. The van der Waals surface area contributed by atoms with Gasteiger partial charge in [0.1, 0.15) is 5.75 Å².